The van der Waals surface area contributed by atoms with E-state index >= 15 is 0 Å². The van der Waals surface area contributed by atoms with Crippen molar-refractivity contribution in [1.82, 2.24) is 10.2 Å². The molecular weight excluding hydrogens is 204 g/mol. The molecule has 0 radical (unpaired) electrons. The van der Waals surface area contributed by atoms with E-state index in [4.69, 9.17) is 0 Å². The quantitative estimate of drug-likeness (QED) is 0.722. The van der Waals surface area contributed by atoms with Gasteiger partial charge in [-0.25, -0.2) is 0 Å². The first-order valence-corrected chi connectivity index (χ1v) is 7.59. The Hall–Kier alpha value is 0.270. The van der Waals surface area contributed by atoms with Crippen LogP contribution in [0.25, 0.3) is 0 Å². The van der Waals surface area contributed by atoms with Gasteiger partial charge in [-0.1, -0.05) is 20.3 Å². The monoisotopic (exact) mass is 230 g/mol. The topological polar surface area (TPSA) is 15.3 Å². The molecule has 1 N–H and O–H groups in total. The summed E-state index contributed by atoms with van der Waals surface area (Å²) >= 11 is 2.03. The van der Waals surface area contributed by atoms with Gasteiger partial charge in [-0.2, -0.15) is 11.8 Å². The van der Waals surface area contributed by atoms with Crippen molar-refractivity contribution in [3.8, 4) is 0 Å². The molecule has 1 saturated carbocycles. The van der Waals surface area contributed by atoms with Crippen LogP contribution in [0, 0.1) is 0 Å². The molecule has 1 rings (SSSR count). The molecule has 0 aromatic heterocycles. The van der Waals surface area contributed by atoms with Crippen molar-refractivity contribution in [3.63, 3.8) is 0 Å². The van der Waals surface area contributed by atoms with Gasteiger partial charge in [0.1, 0.15) is 0 Å². The van der Waals surface area contributed by atoms with Crippen molar-refractivity contribution in [2.45, 2.75) is 44.4 Å². The van der Waals surface area contributed by atoms with E-state index in [9.17, 15) is 0 Å². The van der Waals surface area contributed by atoms with Crippen LogP contribution in [0.3, 0.4) is 0 Å². The number of hydrogen-bond donors (Lipinski definition) is 1. The Morgan fingerprint density at radius 1 is 1.27 bits per heavy atom. The Balaban J connectivity index is 2.13. The molecule has 0 heterocycles. The molecule has 2 nitrogen and oxygen atoms in total. The summed E-state index contributed by atoms with van der Waals surface area (Å²) in [6, 6.07) is 0.774. The van der Waals surface area contributed by atoms with Gasteiger partial charge < -0.3 is 10.2 Å². The average Bonchev–Trinajstić information content (AvgIpc) is 2.72. The molecule has 2 atom stereocenters. The van der Waals surface area contributed by atoms with Gasteiger partial charge in [-0.05, 0) is 32.2 Å². The summed E-state index contributed by atoms with van der Waals surface area (Å²) in [7, 11) is 0. The maximum absolute atomic E-state index is 3.72. The Bertz CT molecular complexity index is 160. The van der Waals surface area contributed by atoms with Crippen LogP contribution in [-0.2, 0) is 0 Å². The normalized spacial score (nSPS) is 26.4. The van der Waals surface area contributed by atoms with Gasteiger partial charge in [0.05, 0.1) is 0 Å². The number of nitrogens with zero attached hydrogens (tertiary/aromatic N) is 1. The Morgan fingerprint density at radius 2 is 2.00 bits per heavy atom. The molecule has 0 aliphatic heterocycles. The lowest BCUT2D eigenvalue weighted by molar-refractivity contribution is 0.296. The second-order valence-electron chi connectivity index (χ2n) is 4.29. The summed E-state index contributed by atoms with van der Waals surface area (Å²) in [4.78, 5) is 2.48. The maximum atomic E-state index is 3.72. The van der Waals surface area contributed by atoms with Crippen LogP contribution in [0.1, 0.15) is 33.1 Å². The number of rotatable bonds is 7. The Morgan fingerprint density at radius 3 is 2.60 bits per heavy atom. The molecule has 1 aliphatic carbocycles. The van der Waals surface area contributed by atoms with Crippen LogP contribution in [0.4, 0.5) is 0 Å². The van der Waals surface area contributed by atoms with Gasteiger partial charge in [0.2, 0.25) is 0 Å². The summed E-state index contributed by atoms with van der Waals surface area (Å²) in [5.41, 5.74) is 0. The SMILES string of the molecule is CCN(CC)CCNC1CCCC1SC. The van der Waals surface area contributed by atoms with Crippen molar-refractivity contribution in [2.75, 3.05) is 32.4 Å². The highest BCUT2D eigenvalue weighted by Crippen LogP contribution is 2.28. The predicted octanol–water partition coefficient (Wildman–Crippen LogP) is 2.20. The lowest BCUT2D eigenvalue weighted by atomic mass is 10.2. The minimum absolute atomic E-state index is 0.774. The minimum Gasteiger partial charge on any atom is -0.312 e. The van der Waals surface area contributed by atoms with Gasteiger partial charge >= 0.3 is 0 Å². The molecule has 90 valence electrons. The molecule has 0 aromatic carbocycles. The summed E-state index contributed by atoms with van der Waals surface area (Å²) in [6.45, 7) is 9.19. The predicted molar refractivity (Wildman–Crippen MR) is 70.7 cm³/mol. The summed E-state index contributed by atoms with van der Waals surface area (Å²) in [5.74, 6) is 0. The van der Waals surface area contributed by atoms with Crippen LogP contribution >= 0.6 is 11.8 Å². The zero-order valence-electron chi connectivity index (χ0n) is 10.5. The number of thioether (sulfide) groups is 1. The van der Waals surface area contributed by atoms with Crippen LogP contribution < -0.4 is 5.32 Å². The van der Waals surface area contributed by atoms with Crippen LogP contribution in [0.15, 0.2) is 0 Å². The van der Waals surface area contributed by atoms with Crippen molar-refractivity contribution < 1.29 is 0 Å². The fraction of sp³-hybridized carbons (Fsp3) is 1.00. The Labute approximate surface area is 99.2 Å². The van der Waals surface area contributed by atoms with Crippen molar-refractivity contribution in [1.29, 1.82) is 0 Å². The second kappa shape index (κ2) is 7.53. The Kier molecular flexibility index (Phi) is 6.69. The van der Waals surface area contributed by atoms with E-state index in [1.165, 1.54) is 38.9 Å². The average molecular weight is 230 g/mol. The maximum Gasteiger partial charge on any atom is 0.0198 e. The minimum atomic E-state index is 0.774. The van der Waals surface area contributed by atoms with E-state index < -0.39 is 0 Å². The first kappa shape index (κ1) is 13.3. The standard InChI is InChI=1S/C12H26N2S/c1-4-14(5-2)10-9-13-11-7-6-8-12(11)15-3/h11-13H,4-10H2,1-3H3. The lowest BCUT2D eigenvalue weighted by Crippen LogP contribution is -2.39. The third-order valence-electron chi connectivity index (χ3n) is 3.48. The molecule has 0 saturated heterocycles. The number of hydrogen-bond acceptors (Lipinski definition) is 3. The van der Waals surface area contributed by atoms with E-state index in [2.05, 4.69) is 30.3 Å². The van der Waals surface area contributed by atoms with E-state index in [1.807, 2.05) is 11.8 Å². The van der Waals surface area contributed by atoms with E-state index in [0.29, 0.717) is 0 Å². The fourth-order valence-corrected chi connectivity index (χ4v) is 3.35. The summed E-state index contributed by atoms with van der Waals surface area (Å²) in [5, 5.41) is 4.58. The van der Waals surface area contributed by atoms with Crippen molar-refractivity contribution in [2.24, 2.45) is 0 Å². The van der Waals surface area contributed by atoms with Gasteiger partial charge in [0.25, 0.3) is 0 Å². The molecule has 0 amide bonds. The summed E-state index contributed by atoms with van der Waals surface area (Å²) in [6.07, 6.45) is 6.44. The molecule has 15 heavy (non-hydrogen) atoms. The number of likely N-dealkylation sites (N-methyl/N-ethyl adjacent to an activating group) is 1. The van der Waals surface area contributed by atoms with Gasteiger partial charge in [-0.15, -0.1) is 0 Å². The van der Waals surface area contributed by atoms with E-state index in [-0.39, 0.29) is 0 Å². The first-order valence-electron chi connectivity index (χ1n) is 6.30. The largest absolute Gasteiger partial charge is 0.312 e. The highest BCUT2D eigenvalue weighted by Gasteiger charge is 2.25. The lowest BCUT2D eigenvalue weighted by Gasteiger charge is -2.22. The van der Waals surface area contributed by atoms with Gasteiger partial charge in [0.15, 0.2) is 0 Å². The zero-order valence-corrected chi connectivity index (χ0v) is 11.3. The fourth-order valence-electron chi connectivity index (χ4n) is 2.39. The third-order valence-corrected chi connectivity index (χ3v) is 4.65. The molecule has 0 aromatic rings. The molecule has 3 heteroatoms. The molecule has 1 fully saturated rings. The van der Waals surface area contributed by atoms with Crippen molar-refractivity contribution >= 4 is 11.8 Å². The van der Waals surface area contributed by atoms with E-state index in [1.54, 1.807) is 0 Å². The van der Waals surface area contributed by atoms with Crippen LogP contribution in [0.2, 0.25) is 0 Å². The molecule has 2 unspecified atom stereocenters. The first-order chi connectivity index (χ1) is 7.31. The highest BCUT2D eigenvalue weighted by molar-refractivity contribution is 7.99. The highest BCUT2D eigenvalue weighted by atomic mass is 32.2. The van der Waals surface area contributed by atoms with Crippen LogP contribution in [-0.4, -0.2) is 48.6 Å². The van der Waals surface area contributed by atoms with Crippen molar-refractivity contribution in [3.05, 3.63) is 0 Å². The molecule has 0 spiro atoms. The molecule has 0 bridgehead atoms. The molecule has 1 aliphatic rings. The zero-order chi connectivity index (χ0) is 11.1. The van der Waals surface area contributed by atoms with Gasteiger partial charge in [-0.3, -0.25) is 0 Å². The van der Waals surface area contributed by atoms with Crippen LogP contribution in [0.5, 0.6) is 0 Å². The molecular formula is C12H26N2S. The van der Waals surface area contributed by atoms with Gasteiger partial charge in [0, 0.05) is 24.4 Å². The third kappa shape index (κ3) is 4.33. The number of nitrogens with one attached hydrogen (secondary N) is 1. The second-order valence-corrected chi connectivity index (χ2v) is 5.37. The van der Waals surface area contributed by atoms with E-state index in [0.717, 1.165) is 17.8 Å². The summed E-state index contributed by atoms with van der Waals surface area (Å²) < 4.78 is 0. The smallest absolute Gasteiger partial charge is 0.0198 e.